The van der Waals surface area contributed by atoms with Gasteiger partial charge in [0, 0.05) is 29.3 Å². The maximum Gasteiger partial charge on any atom is 0.304 e. The number of carboxylic acid groups (broad SMARTS) is 2. The first-order valence-corrected chi connectivity index (χ1v) is 10.2. The lowest BCUT2D eigenvalue weighted by molar-refractivity contribution is -0.137. The third kappa shape index (κ3) is 6.96. The molecular weight excluding hydrogens is 412 g/mol. The fraction of sp³-hybridized carbons (Fsp3) is 0.391. The van der Waals surface area contributed by atoms with Crippen LogP contribution in [-0.2, 0) is 16.1 Å². The Morgan fingerprint density at radius 1 is 1.34 bits per heavy atom. The number of pyridine rings is 1. The van der Waals surface area contributed by atoms with Crippen molar-refractivity contribution in [3.05, 3.63) is 41.1 Å². The van der Waals surface area contributed by atoms with Crippen LogP contribution in [0.15, 0.2) is 24.3 Å². The van der Waals surface area contributed by atoms with Crippen LogP contribution in [0.2, 0.25) is 0 Å². The number of nitrogen functional groups attached to an aromatic ring is 1. The minimum Gasteiger partial charge on any atom is -0.496 e. The number of carbonyl (C=O) groups is 2. The Labute approximate surface area is 188 Å². The van der Waals surface area contributed by atoms with Crippen molar-refractivity contribution in [2.24, 2.45) is 0 Å². The minimum absolute atomic E-state index is 0.0619. The standard InChI is InChI=1S/C22H28N4O3.CH2O2/c1-5-26(6-2)13-16-10-15(7-8-20(16)29-4)17-11-19(14(3)9-21(27)28)25-22(24)18(17)12-23;2-1-3/h7-8,10-11,14H,5-6,9,13H2,1-4H3,(H2,24,25)(H,27,28);1H,(H,2,3). The Morgan fingerprint density at radius 2 is 1.97 bits per heavy atom. The van der Waals surface area contributed by atoms with Gasteiger partial charge in [-0.05, 0) is 36.9 Å². The first-order valence-electron chi connectivity index (χ1n) is 10.2. The first kappa shape index (κ1) is 26.4. The number of aromatic nitrogens is 1. The predicted octanol–water partition coefficient (Wildman–Crippen LogP) is 3.33. The maximum atomic E-state index is 11.1. The van der Waals surface area contributed by atoms with Crippen LogP contribution in [0.4, 0.5) is 5.82 Å². The van der Waals surface area contributed by atoms with Gasteiger partial charge in [-0.15, -0.1) is 0 Å². The number of nitrogens with zero attached hydrogens (tertiary/aromatic N) is 3. The van der Waals surface area contributed by atoms with Crippen molar-refractivity contribution in [2.75, 3.05) is 25.9 Å². The van der Waals surface area contributed by atoms with E-state index in [2.05, 4.69) is 29.8 Å². The van der Waals surface area contributed by atoms with Crippen LogP contribution in [0.25, 0.3) is 11.1 Å². The van der Waals surface area contributed by atoms with E-state index in [1.54, 1.807) is 20.1 Å². The Balaban J connectivity index is 0.00000161. The summed E-state index contributed by atoms with van der Waals surface area (Å²) >= 11 is 0. The lowest BCUT2D eigenvalue weighted by Gasteiger charge is -2.21. The molecule has 9 nitrogen and oxygen atoms in total. The van der Waals surface area contributed by atoms with Gasteiger partial charge in [-0.25, -0.2) is 4.98 Å². The first-order chi connectivity index (χ1) is 15.3. The van der Waals surface area contributed by atoms with Crippen LogP contribution < -0.4 is 10.5 Å². The van der Waals surface area contributed by atoms with Gasteiger partial charge in [0.2, 0.25) is 0 Å². The van der Waals surface area contributed by atoms with Crippen molar-refractivity contribution in [1.82, 2.24) is 9.88 Å². The molecular formula is C23H30N4O5. The number of benzene rings is 1. The van der Waals surface area contributed by atoms with Crippen molar-refractivity contribution < 1.29 is 24.5 Å². The zero-order valence-corrected chi connectivity index (χ0v) is 18.8. The molecule has 0 saturated heterocycles. The van der Waals surface area contributed by atoms with E-state index in [1.807, 2.05) is 18.2 Å². The van der Waals surface area contributed by atoms with Crippen molar-refractivity contribution in [3.8, 4) is 22.9 Å². The van der Waals surface area contributed by atoms with E-state index in [-0.39, 0.29) is 30.2 Å². The number of rotatable bonds is 9. The molecule has 0 fully saturated rings. The van der Waals surface area contributed by atoms with Crippen molar-refractivity contribution in [1.29, 1.82) is 5.26 Å². The summed E-state index contributed by atoms with van der Waals surface area (Å²) in [7, 11) is 1.64. The summed E-state index contributed by atoms with van der Waals surface area (Å²) in [6, 6.07) is 9.66. The van der Waals surface area contributed by atoms with Crippen LogP contribution in [0.3, 0.4) is 0 Å². The summed E-state index contributed by atoms with van der Waals surface area (Å²) in [4.78, 5) is 26.0. The molecule has 9 heteroatoms. The van der Waals surface area contributed by atoms with Gasteiger partial charge in [-0.1, -0.05) is 26.8 Å². The molecule has 1 aromatic carbocycles. The third-order valence-corrected chi connectivity index (χ3v) is 5.04. The summed E-state index contributed by atoms with van der Waals surface area (Å²) in [5.41, 5.74) is 9.36. The highest BCUT2D eigenvalue weighted by molar-refractivity contribution is 5.77. The molecule has 0 aliphatic carbocycles. The van der Waals surface area contributed by atoms with E-state index >= 15 is 0 Å². The molecule has 1 atom stereocenters. The predicted molar refractivity (Wildman–Crippen MR) is 121 cm³/mol. The average Bonchev–Trinajstić information content (AvgIpc) is 2.76. The molecule has 0 aliphatic rings. The number of hydrogen-bond donors (Lipinski definition) is 3. The average molecular weight is 443 g/mol. The Morgan fingerprint density at radius 3 is 2.47 bits per heavy atom. The van der Waals surface area contributed by atoms with Crippen molar-refractivity contribution in [3.63, 3.8) is 0 Å². The Hall–Kier alpha value is -3.64. The maximum absolute atomic E-state index is 11.1. The van der Waals surface area contributed by atoms with E-state index in [1.165, 1.54) is 0 Å². The summed E-state index contributed by atoms with van der Waals surface area (Å²) in [6.07, 6.45) is -0.0619. The van der Waals surface area contributed by atoms with Crippen LogP contribution in [-0.4, -0.2) is 52.7 Å². The largest absolute Gasteiger partial charge is 0.496 e. The summed E-state index contributed by atoms with van der Waals surface area (Å²) in [5, 5.41) is 25.6. The van der Waals surface area contributed by atoms with E-state index in [9.17, 15) is 10.1 Å². The normalized spacial score (nSPS) is 11.1. The van der Waals surface area contributed by atoms with Crippen molar-refractivity contribution >= 4 is 18.3 Å². The number of aliphatic carboxylic acids is 1. The van der Waals surface area contributed by atoms with Crippen LogP contribution in [0.5, 0.6) is 5.75 Å². The number of carboxylic acids is 1. The molecule has 0 saturated carbocycles. The molecule has 1 heterocycles. The molecule has 32 heavy (non-hydrogen) atoms. The van der Waals surface area contributed by atoms with Crippen LogP contribution in [0.1, 0.15) is 49.9 Å². The molecule has 0 radical (unpaired) electrons. The van der Waals surface area contributed by atoms with Crippen molar-refractivity contribution in [2.45, 2.75) is 39.7 Å². The quantitative estimate of drug-likeness (QED) is 0.497. The van der Waals surface area contributed by atoms with E-state index in [4.69, 9.17) is 25.5 Å². The van der Waals surface area contributed by atoms with E-state index in [0.29, 0.717) is 11.3 Å². The van der Waals surface area contributed by atoms with Gasteiger partial charge in [0.05, 0.1) is 13.5 Å². The van der Waals surface area contributed by atoms with E-state index in [0.717, 1.165) is 36.5 Å². The van der Waals surface area contributed by atoms with E-state index < -0.39 is 5.97 Å². The number of methoxy groups -OCH3 is 1. The summed E-state index contributed by atoms with van der Waals surface area (Å²) in [6.45, 7) is 8.28. The van der Waals surface area contributed by atoms with Gasteiger partial charge in [0.1, 0.15) is 23.2 Å². The highest BCUT2D eigenvalue weighted by Gasteiger charge is 2.19. The van der Waals surface area contributed by atoms with Gasteiger partial charge in [-0.2, -0.15) is 5.26 Å². The smallest absolute Gasteiger partial charge is 0.304 e. The molecule has 2 aromatic rings. The fourth-order valence-corrected chi connectivity index (χ4v) is 3.31. The van der Waals surface area contributed by atoms with Gasteiger partial charge >= 0.3 is 5.97 Å². The van der Waals surface area contributed by atoms with Gasteiger partial charge in [-0.3, -0.25) is 14.5 Å². The molecule has 4 N–H and O–H groups in total. The van der Waals surface area contributed by atoms with Gasteiger partial charge < -0.3 is 20.7 Å². The topological polar surface area (TPSA) is 150 Å². The number of nitriles is 1. The zero-order chi connectivity index (χ0) is 24.3. The second kappa shape index (κ2) is 12.9. The number of hydrogen-bond acceptors (Lipinski definition) is 7. The zero-order valence-electron chi connectivity index (χ0n) is 18.8. The molecule has 0 bridgehead atoms. The minimum atomic E-state index is -0.908. The third-order valence-electron chi connectivity index (χ3n) is 5.04. The number of anilines is 1. The fourth-order valence-electron chi connectivity index (χ4n) is 3.31. The lowest BCUT2D eigenvalue weighted by atomic mass is 9.94. The van der Waals surface area contributed by atoms with Crippen LogP contribution in [0, 0.1) is 11.3 Å². The monoisotopic (exact) mass is 442 g/mol. The number of ether oxygens (including phenoxy) is 1. The summed E-state index contributed by atoms with van der Waals surface area (Å²) < 4.78 is 5.52. The molecule has 172 valence electrons. The van der Waals surface area contributed by atoms with Gasteiger partial charge in [0.25, 0.3) is 6.47 Å². The second-order valence-electron chi connectivity index (χ2n) is 7.06. The molecule has 0 aliphatic heterocycles. The lowest BCUT2D eigenvalue weighted by Crippen LogP contribution is -2.22. The van der Waals surface area contributed by atoms with Gasteiger partial charge in [0.15, 0.2) is 0 Å². The SMILES string of the molecule is CCN(CC)Cc1cc(-c2cc(C(C)CC(=O)O)nc(N)c2C#N)ccc1OC.O=CO. The molecule has 0 amide bonds. The highest BCUT2D eigenvalue weighted by atomic mass is 16.5. The number of nitrogens with two attached hydrogens (primary N) is 1. The molecule has 0 spiro atoms. The summed E-state index contributed by atoms with van der Waals surface area (Å²) in [5.74, 6) is -0.344. The highest BCUT2D eigenvalue weighted by Crippen LogP contribution is 2.33. The molecule has 1 unspecified atom stereocenters. The molecule has 1 aromatic heterocycles. The Bertz CT molecular complexity index is 968. The Kier molecular flexibility index (Phi) is 10.7. The second-order valence-corrected chi connectivity index (χ2v) is 7.06. The molecule has 2 rings (SSSR count). The van der Waals surface area contributed by atoms with Crippen LogP contribution >= 0.6 is 0 Å².